The van der Waals surface area contributed by atoms with Crippen LogP contribution in [-0.4, -0.2) is 60.1 Å². The van der Waals surface area contributed by atoms with Crippen molar-refractivity contribution in [1.29, 1.82) is 0 Å². The monoisotopic (exact) mass is 386 g/mol. The first-order valence-electron chi connectivity index (χ1n) is 9.43. The SMILES string of the molecule is C[C@H](OC(=O)C1CCN(c2nc3ccccc3o2)CC1)C(=O)N1CCNC1=O. The highest BCUT2D eigenvalue weighted by Crippen LogP contribution is 2.27. The topological polar surface area (TPSA) is 105 Å². The normalized spacial score (nSPS) is 19.0. The number of hydrogen-bond donors (Lipinski definition) is 1. The third-order valence-corrected chi connectivity index (χ3v) is 5.14. The van der Waals surface area contributed by atoms with Gasteiger partial charge in [-0.3, -0.25) is 14.5 Å². The molecule has 2 aliphatic rings. The van der Waals surface area contributed by atoms with E-state index in [0.717, 1.165) is 16.0 Å². The van der Waals surface area contributed by atoms with Crippen LogP contribution < -0.4 is 10.2 Å². The van der Waals surface area contributed by atoms with Crippen molar-refractivity contribution in [3.63, 3.8) is 0 Å². The number of para-hydroxylation sites is 2. The van der Waals surface area contributed by atoms with Gasteiger partial charge in [0.2, 0.25) is 0 Å². The van der Waals surface area contributed by atoms with E-state index in [0.29, 0.717) is 45.0 Å². The van der Waals surface area contributed by atoms with Gasteiger partial charge in [-0.1, -0.05) is 12.1 Å². The molecule has 2 saturated heterocycles. The summed E-state index contributed by atoms with van der Waals surface area (Å²) >= 11 is 0. The molecule has 0 radical (unpaired) electrons. The second-order valence-corrected chi connectivity index (χ2v) is 7.03. The number of ether oxygens (including phenoxy) is 1. The van der Waals surface area contributed by atoms with Crippen molar-refractivity contribution in [3.8, 4) is 0 Å². The van der Waals surface area contributed by atoms with Crippen molar-refractivity contribution in [2.24, 2.45) is 5.92 Å². The standard InChI is InChI=1S/C19H22N4O5/c1-12(16(24)23-11-8-20-18(23)26)27-17(25)13-6-9-22(10-7-13)19-21-14-4-2-3-5-15(14)28-19/h2-5,12-13H,6-11H2,1H3,(H,20,26)/t12-/m0/s1. The first-order chi connectivity index (χ1) is 13.5. The molecule has 2 aliphatic heterocycles. The largest absolute Gasteiger partial charge is 0.452 e. The molecule has 1 N–H and O–H groups in total. The van der Waals surface area contributed by atoms with Crippen molar-refractivity contribution in [2.75, 3.05) is 31.1 Å². The summed E-state index contributed by atoms with van der Waals surface area (Å²) in [7, 11) is 0. The molecule has 9 heteroatoms. The Morgan fingerprint density at radius 2 is 2.00 bits per heavy atom. The smallest absolute Gasteiger partial charge is 0.324 e. The van der Waals surface area contributed by atoms with E-state index < -0.39 is 24.0 Å². The highest BCUT2D eigenvalue weighted by atomic mass is 16.5. The molecule has 4 rings (SSSR count). The highest BCUT2D eigenvalue weighted by molar-refractivity contribution is 5.98. The summed E-state index contributed by atoms with van der Waals surface area (Å²) in [5, 5.41) is 2.56. The number of esters is 1. The number of anilines is 1. The van der Waals surface area contributed by atoms with Crippen LogP contribution in [0.4, 0.5) is 10.8 Å². The number of nitrogens with zero attached hydrogens (tertiary/aromatic N) is 3. The van der Waals surface area contributed by atoms with Crippen molar-refractivity contribution in [1.82, 2.24) is 15.2 Å². The van der Waals surface area contributed by atoms with Gasteiger partial charge in [0.25, 0.3) is 11.9 Å². The maximum absolute atomic E-state index is 12.4. The van der Waals surface area contributed by atoms with Crippen LogP contribution in [0.1, 0.15) is 19.8 Å². The number of benzene rings is 1. The molecule has 2 aromatic rings. The van der Waals surface area contributed by atoms with E-state index in [1.54, 1.807) is 0 Å². The Kier molecular flexibility index (Phi) is 4.89. The Morgan fingerprint density at radius 3 is 2.68 bits per heavy atom. The first-order valence-corrected chi connectivity index (χ1v) is 9.43. The van der Waals surface area contributed by atoms with Crippen LogP contribution in [0, 0.1) is 5.92 Å². The molecule has 3 amide bonds. The van der Waals surface area contributed by atoms with Gasteiger partial charge >= 0.3 is 12.0 Å². The van der Waals surface area contributed by atoms with Gasteiger partial charge in [0.05, 0.1) is 5.92 Å². The molecule has 148 valence electrons. The van der Waals surface area contributed by atoms with Crippen molar-refractivity contribution < 1.29 is 23.5 Å². The number of amides is 3. The fourth-order valence-corrected chi connectivity index (χ4v) is 3.52. The van der Waals surface area contributed by atoms with E-state index in [1.165, 1.54) is 6.92 Å². The molecule has 28 heavy (non-hydrogen) atoms. The van der Waals surface area contributed by atoms with Gasteiger partial charge in [0.15, 0.2) is 11.7 Å². The fraction of sp³-hybridized carbons (Fsp3) is 0.474. The predicted molar refractivity (Wildman–Crippen MR) is 99.6 cm³/mol. The number of carbonyl (C=O) groups excluding carboxylic acids is 3. The lowest BCUT2D eigenvalue weighted by molar-refractivity contribution is -0.161. The number of fused-ring (bicyclic) bond motifs is 1. The molecule has 1 atom stereocenters. The summed E-state index contributed by atoms with van der Waals surface area (Å²) in [4.78, 5) is 43.8. The lowest BCUT2D eigenvalue weighted by atomic mass is 9.97. The molecule has 0 saturated carbocycles. The van der Waals surface area contributed by atoms with Crippen molar-refractivity contribution >= 4 is 35.0 Å². The number of urea groups is 1. The lowest BCUT2D eigenvalue weighted by Gasteiger charge is -2.30. The molecule has 0 bridgehead atoms. The average molecular weight is 386 g/mol. The zero-order valence-electron chi connectivity index (χ0n) is 15.6. The lowest BCUT2D eigenvalue weighted by Crippen LogP contribution is -2.43. The maximum atomic E-state index is 12.4. The summed E-state index contributed by atoms with van der Waals surface area (Å²) in [5.41, 5.74) is 1.54. The van der Waals surface area contributed by atoms with Crippen molar-refractivity contribution in [3.05, 3.63) is 24.3 Å². The predicted octanol–water partition coefficient (Wildman–Crippen LogP) is 1.53. The first kappa shape index (κ1) is 18.3. The second-order valence-electron chi connectivity index (χ2n) is 7.03. The van der Waals surface area contributed by atoms with Crippen LogP contribution >= 0.6 is 0 Å². The molecule has 0 aliphatic carbocycles. The number of oxazole rings is 1. The summed E-state index contributed by atoms with van der Waals surface area (Å²) in [5.74, 6) is -1.19. The molecule has 0 unspecified atom stereocenters. The molecule has 3 heterocycles. The van der Waals surface area contributed by atoms with E-state index in [4.69, 9.17) is 9.15 Å². The maximum Gasteiger partial charge on any atom is 0.324 e. The van der Waals surface area contributed by atoms with E-state index in [1.807, 2.05) is 29.2 Å². The Balaban J connectivity index is 1.31. The van der Waals surface area contributed by atoms with E-state index in [-0.39, 0.29) is 5.92 Å². The Hall–Kier alpha value is -3.10. The van der Waals surface area contributed by atoms with E-state index in [2.05, 4.69) is 10.3 Å². The van der Waals surface area contributed by atoms with E-state index >= 15 is 0 Å². The van der Waals surface area contributed by atoms with Gasteiger partial charge in [-0.15, -0.1) is 0 Å². The van der Waals surface area contributed by atoms with Crippen LogP contribution in [0.3, 0.4) is 0 Å². The van der Waals surface area contributed by atoms with Crippen LogP contribution in [0.25, 0.3) is 11.1 Å². The summed E-state index contributed by atoms with van der Waals surface area (Å²) in [6.07, 6.45) is 0.192. The van der Waals surface area contributed by atoms with Crippen LogP contribution in [0.5, 0.6) is 0 Å². The fourth-order valence-electron chi connectivity index (χ4n) is 3.52. The number of aromatic nitrogens is 1. The van der Waals surface area contributed by atoms with Gasteiger partial charge in [-0.2, -0.15) is 4.98 Å². The minimum Gasteiger partial charge on any atom is -0.452 e. The zero-order valence-corrected chi connectivity index (χ0v) is 15.6. The molecule has 2 fully saturated rings. The van der Waals surface area contributed by atoms with Gasteiger partial charge in [-0.05, 0) is 31.9 Å². The number of imide groups is 1. The Morgan fingerprint density at radius 1 is 1.25 bits per heavy atom. The molecule has 1 aromatic carbocycles. The minimum absolute atomic E-state index is 0.289. The Labute approximate surface area is 161 Å². The third kappa shape index (κ3) is 3.51. The Bertz CT molecular complexity index is 870. The summed E-state index contributed by atoms with van der Waals surface area (Å²) in [6, 6.07) is 7.68. The molecule has 9 nitrogen and oxygen atoms in total. The molecule has 1 aromatic heterocycles. The quantitative estimate of drug-likeness (QED) is 0.795. The van der Waals surface area contributed by atoms with Gasteiger partial charge in [-0.25, -0.2) is 4.79 Å². The third-order valence-electron chi connectivity index (χ3n) is 5.14. The number of carbonyl (C=O) groups is 3. The van der Waals surface area contributed by atoms with E-state index in [9.17, 15) is 14.4 Å². The van der Waals surface area contributed by atoms with Gasteiger partial charge in [0.1, 0.15) is 5.52 Å². The number of rotatable bonds is 4. The zero-order chi connectivity index (χ0) is 19.7. The molecular formula is C19H22N4O5. The molecule has 0 spiro atoms. The van der Waals surface area contributed by atoms with Crippen LogP contribution in [0.15, 0.2) is 28.7 Å². The average Bonchev–Trinajstić information content (AvgIpc) is 3.33. The van der Waals surface area contributed by atoms with Gasteiger partial charge < -0.3 is 19.4 Å². The van der Waals surface area contributed by atoms with Crippen molar-refractivity contribution in [2.45, 2.75) is 25.9 Å². The number of hydrogen-bond acceptors (Lipinski definition) is 7. The van der Waals surface area contributed by atoms with Crippen LogP contribution in [0.2, 0.25) is 0 Å². The van der Waals surface area contributed by atoms with Gasteiger partial charge in [0, 0.05) is 26.2 Å². The summed E-state index contributed by atoms with van der Waals surface area (Å²) < 4.78 is 11.1. The van der Waals surface area contributed by atoms with Crippen LogP contribution in [-0.2, 0) is 14.3 Å². The number of nitrogens with one attached hydrogen (secondary N) is 1. The number of piperidine rings is 1. The second kappa shape index (κ2) is 7.49. The molecular weight excluding hydrogens is 364 g/mol. The summed E-state index contributed by atoms with van der Waals surface area (Å²) in [6.45, 7) is 3.44. The highest BCUT2D eigenvalue weighted by Gasteiger charge is 2.34. The minimum atomic E-state index is -0.980.